The Hall–Kier alpha value is -2.56. The maximum Gasteiger partial charge on any atom is 0.282 e. The highest BCUT2D eigenvalue weighted by Gasteiger charge is 2.26. The number of quaternary nitrogens is 1. The molecule has 2 atom stereocenters. The molecule has 0 aliphatic heterocycles. The third kappa shape index (κ3) is 4.50. The van der Waals surface area contributed by atoms with E-state index in [4.69, 9.17) is 16.0 Å². The molecule has 3 rings (SSSR count). The number of nitrogens with two attached hydrogens (primary N) is 1. The lowest BCUT2D eigenvalue weighted by Gasteiger charge is -2.18. The Kier molecular flexibility index (Phi) is 5.53. The lowest BCUT2D eigenvalue weighted by molar-refractivity contribution is -0.706. The molecular formula is C20H20ClN2O2+. The molecule has 0 bridgehead atoms. The number of nitrogens with one attached hydrogen (secondary N) is 1. The maximum absolute atomic E-state index is 12.5. The molecule has 5 heteroatoms. The summed E-state index contributed by atoms with van der Waals surface area (Å²) in [6.07, 6.45) is 1.65. The van der Waals surface area contributed by atoms with Gasteiger partial charge in [-0.3, -0.25) is 4.79 Å². The normalized spacial score (nSPS) is 13.2. The summed E-state index contributed by atoms with van der Waals surface area (Å²) in [5, 5.41) is 5.55. The fourth-order valence-corrected chi connectivity index (χ4v) is 2.79. The summed E-state index contributed by atoms with van der Waals surface area (Å²) >= 11 is 5.88. The Bertz CT molecular complexity index is 801. The number of halogens is 1. The molecule has 0 saturated heterocycles. The Morgan fingerprint density at radius 1 is 1.04 bits per heavy atom. The van der Waals surface area contributed by atoms with E-state index in [1.54, 1.807) is 30.5 Å². The van der Waals surface area contributed by atoms with E-state index < -0.39 is 0 Å². The number of benzene rings is 2. The van der Waals surface area contributed by atoms with Gasteiger partial charge >= 0.3 is 0 Å². The minimum atomic E-state index is -0.300. The van der Waals surface area contributed by atoms with Crippen LogP contribution in [0.5, 0.6) is 0 Å². The van der Waals surface area contributed by atoms with Crippen LogP contribution in [0.3, 0.4) is 0 Å². The lowest BCUT2D eigenvalue weighted by Crippen LogP contribution is -2.92. The summed E-state index contributed by atoms with van der Waals surface area (Å²) in [7, 11) is 0. The van der Waals surface area contributed by atoms with Crippen LogP contribution >= 0.6 is 11.6 Å². The van der Waals surface area contributed by atoms with Crippen LogP contribution in [0.1, 0.15) is 24.3 Å². The van der Waals surface area contributed by atoms with Gasteiger partial charge in [0.1, 0.15) is 0 Å². The SMILES string of the molecule is C[C@H]([NH2+][C@@H](c1ccccc1)c1ccco1)C(=O)Nc1ccc(Cl)cc1. The van der Waals surface area contributed by atoms with Crippen LogP contribution in [0, 0.1) is 0 Å². The third-order valence-corrected chi connectivity index (χ3v) is 4.27. The minimum Gasteiger partial charge on any atom is -0.463 e. The van der Waals surface area contributed by atoms with Crippen molar-refractivity contribution >= 4 is 23.2 Å². The summed E-state index contributed by atoms with van der Waals surface area (Å²) in [4.78, 5) is 12.5. The van der Waals surface area contributed by atoms with Crippen molar-refractivity contribution in [2.75, 3.05) is 5.32 Å². The largest absolute Gasteiger partial charge is 0.463 e. The fourth-order valence-electron chi connectivity index (χ4n) is 2.66. The summed E-state index contributed by atoms with van der Waals surface area (Å²) in [5.74, 6) is 0.743. The molecule has 1 heterocycles. The Morgan fingerprint density at radius 2 is 1.76 bits per heavy atom. The van der Waals surface area contributed by atoms with E-state index in [2.05, 4.69) is 5.32 Å². The summed E-state index contributed by atoms with van der Waals surface area (Å²) in [5.41, 5.74) is 1.81. The molecule has 0 unspecified atom stereocenters. The quantitative estimate of drug-likeness (QED) is 0.709. The van der Waals surface area contributed by atoms with Crippen LogP contribution < -0.4 is 10.6 Å². The molecule has 2 aromatic carbocycles. The second-order valence-corrected chi connectivity index (χ2v) is 6.32. The van der Waals surface area contributed by atoms with Gasteiger partial charge in [-0.25, -0.2) is 0 Å². The van der Waals surface area contributed by atoms with Crippen molar-refractivity contribution in [3.63, 3.8) is 0 Å². The Balaban J connectivity index is 1.72. The van der Waals surface area contributed by atoms with Crippen molar-refractivity contribution < 1.29 is 14.5 Å². The highest BCUT2D eigenvalue weighted by atomic mass is 35.5. The van der Waals surface area contributed by atoms with Crippen molar-refractivity contribution in [2.45, 2.75) is 19.0 Å². The molecule has 0 saturated carbocycles. The second kappa shape index (κ2) is 8.01. The highest BCUT2D eigenvalue weighted by Crippen LogP contribution is 2.19. The molecule has 128 valence electrons. The van der Waals surface area contributed by atoms with Crippen LogP contribution in [-0.4, -0.2) is 11.9 Å². The first-order chi connectivity index (χ1) is 12.1. The van der Waals surface area contributed by atoms with E-state index in [1.807, 2.05) is 54.7 Å². The van der Waals surface area contributed by atoms with Gasteiger partial charge in [0.25, 0.3) is 5.91 Å². The zero-order chi connectivity index (χ0) is 17.6. The molecule has 1 aromatic heterocycles. The molecule has 25 heavy (non-hydrogen) atoms. The van der Waals surface area contributed by atoms with Gasteiger partial charge in [0.05, 0.1) is 6.26 Å². The molecule has 3 N–H and O–H groups in total. The molecule has 0 radical (unpaired) electrons. The van der Waals surface area contributed by atoms with E-state index in [1.165, 1.54) is 0 Å². The van der Waals surface area contributed by atoms with Crippen LogP contribution in [-0.2, 0) is 4.79 Å². The van der Waals surface area contributed by atoms with E-state index in [0.717, 1.165) is 17.0 Å². The average molecular weight is 356 g/mol. The molecule has 0 fully saturated rings. The molecule has 3 aromatic rings. The topological polar surface area (TPSA) is 58.9 Å². The first-order valence-electron chi connectivity index (χ1n) is 8.13. The molecular weight excluding hydrogens is 336 g/mol. The fraction of sp³-hybridized carbons (Fsp3) is 0.150. The predicted octanol–water partition coefficient (Wildman–Crippen LogP) is 3.61. The number of hydrogen-bond donors (Lipinski definition) is 2. The highest BCUT2D eigenvalue weighted by molar-refractivity contribution is 6.30. The van der Waals surface area contributed by atoms with E-state index in [9.17, 15) is 4.79 Å². The van der Waals surface area contributed by atoms with E-state index in [-0.39, 0.29) is 18.0 Å². The average Bonchev–Trinajstić information content (AvgIpc) is 3.16. The van der Waals surface area contributed by atoms with Crippen LogP contribution in [0.4, 0.5) is 5.69 Å². The zero-order valence-corrected chi connectivity index (χ0v) is 14.6. The van der Waals surface area contributed by atoms with Crippen molar-refractivity contribution in [3.8, 4) is 0 Å². The molecule has 0 aliphatic rings. The van der Waals surface area contributed by atoms with E-state index in [0.29, 0.717) is 5.02 Å². The van der Waals surface area contributed by atoms with Gasteiger partial charge in [0, 0.05) is 16.3 Å². The van der Waals surface area contributed by atoms with Crippen LogP contribution in [0.15, 0.2) is 77.4 Å². The molecule has 0 spiro atoms. The molecule has 0 aliphatic carbocycles. The summed E-state index contributed by atoms with van der Waals surface area (Å²) < 4.78 is 5.58. The molecule has 4 nitrogen and oxygen atoms in total. The van der Waals surface area contributed by atoms with Crippen LogP contribution in [0.25, 0.3) is 0 Å². The van der Waals surface area contributed by atoms with Gasteiger partial charge in [-0.1, -0.05) is 41.9 Å². The number of furan rings is 1. The van der Waals surface area contributed by atoms with Gasteiger partial charge in [-0.15, -0.1) is 0 Å². The van der Waals surface area contributed by atoms with Crippen molar-refractivity contribution in [3.05, 3.63) is 89.3 Å². The number of hydrogen-bond acceptors (Lipinski definition) is 2. The smallest absolute Gasteiger partial charge is 0.282 e. The van der Waals surface area contributed by atoms with Gasteiger partial charge in [0.2, 0.25) is 0 Å². The van der Waals surface area contributed by atoms with Gasteiger partial charge in [-0.2, -0.15) is 0 Å². The summed E-state index contributed by atoms with van der Waals surface area (Å²) in [6, 6.07) is 20.5. The van der Waals surface area contributed by atoms with Gasteiger partial charge < -0.3 is 15.1 Å². The van der Waals surface area contributed by atoms with Crippen molar-refractivity contribution in [1.82, 2.24) is 0 Å². The first-order valence-corrected chi connectivity index (χ1v) is 8.51. The number of anilines is 1. The lowest BCUT2D eigenvalue weighted by atomic mass is 10.0. The van der Waals surface area contributed by atoms with Gasteiger partial charge in [0.15, 0.2) is 17.8 Å². The van der Waals surface area contributed by atoms with E-state index >= 15 is 0 Å². The van der Waals surface area contributed by atoms with Crippen molar-refractivity contribution in [1.29, 1.82) is 0 Å². The maximum atomic E-state index is 12.5. The van der Waals surface area contributed by atoms with Crippen molar-refractivity contribution in [2.24, 2.45) is 0 Å². The number of rotatable bonds is 6. The zero-order valence-electron chi connectivity index (χ0n) is 13.9. The minimum absolute atomic E-state index is 0.0743. The van der Waals surface area contributed by atoms with Crippen LogP contribution in [0.2, 0.25) is 5.02 Å². The summed E-state index contributed by atoms with van der Waals surface area (Å²) in [6.45, 7) is 1.88. The number of carbonyl (C=O) groups is 1. The predicted molar refractivity (Wildman–Crippen MR) is 98.5 cm³/mol. The number of amides is 1. The second-order valence-electron chi connectivity index (χ2n) is 5.88. The Morgan fingerprint density at radius 3 is 2.40 bits per heavy atom. The first kappa shape index (κ1) is 17.3. The third-order valence-electron chi connectivity index (χ3n) is 4.01. The Labute approximate surface area is 151 Å². The standard InChI is InChI=1S/C20H19ClN2O2/c1-14(20(24)23-17-11-9-16(21)10-12-17)22-19(18-8-5-13-25-18)15-6-3-2-4-7-15/h2-14,19,22H,1H3,(H,23,24)/p+1/t14-,19-/m0/s1. The van der Waals surface area contributed by atoms with Gasteiger partial charge in [-0.05, 0) is 43.3 Å². The number of carbonyl (C=O) groups excluding carboxylic acids is 1. The monoisotopic (exact) mass is 355 g/mol. The molecule has 1 amide bonds.